The number of benzene rings is 1. The Hall–Kier alpha value is -0.640. The summed E-state index contributed by atoms with van der Waals surface area (Å²) in [5, 5.41) is 5.73. The van der Waals surface area contributed by atoms with Crippen LogP contribution < -0.4 is 10.6 Å². The van der Waals surface area contributed by atoms with Crippen LogP contribution in [0.4, 0.5) is 5.69 Å². The van der Waals surface area contributed by atoms with Gasteiger partial charge in [-0.15, -0.1) is 0 Å². The zero-order valence-electron chi connectivity index (χ0n) is 11.0. The van der Waals surface area contributed by atoms with E-state index in [2.05, 4.69) is 10.6 Å². The van der Waals surface area contributed by atoms with E-state index in [9.17, 15) is 4.79 Å². The SMILES string of the molecule is Cc1ccccc1NC(NC(=O)C(C)C)C(Cl)(Cl)Cl. The molecule has 0 aliphatic rings. The number of aryl methyl sites for hydroxylation is 1. The number of halogens is 3. The maximum Gasteiger partial charge on any atom is 0.228 e. The Bertz CT molecular complexity index is 444. The first-order valence-corrected chi connectivity index (χ1v) is 7.04. The maximum absolute atomic E-state index is 11.7. The molecule has 106 valence electrons. The molecule has 1 amide bonds. The highest BCUT2D eigenvalue weighted by Crippen LogP contribution is 2.31. The Balaban J connectivity index is 2.88. The summed E-state index contributed by atoms with van der Waals surface area (Å²) in [6.07, 6.45) is -0.798. The number of amides is 1. The van der Waals surface area contributed by atoms with E-state index in [0.29, 0.717) is 0 Å². The highest BCUT2D eigenvalue weighted by molar-refractivity contribution is 6.68. The highest BCUT2D eigenvalue weighted by atomic mass is 35.6. The second-order valence-electron chi connectivity index (χ2n) is 4.60. The molecule has 0 saturated heterocycles. The minimum absolute atomic E-state index is 0.183. The molecule has 3 nitrogen and oxygen atoms in total. The Labute approximate surface area is 128 Å². The number of nitrogens with one attached hydrogen (secondary N) is 2. The first-order chi connectivity index (χ1) is 8.71. The van der Waals surface area contributed by atoms with Crippen LogP contribution in [0, 0.1) is 12.8 Å². The lowest BCUT2D eigenvalue weighted by atomic mass is 10.2. The van der Waals surface area contributed by atoms with E-state index in [1.165, 1.54) is 0 Å². The zero-order chi connectivity index (χ0) is 14.6. The quantitative estimate of drug-likeness (QED) is 0.652. The smallest absolute Gasteiger partial charge is 0.228 e. The maximum atomic E-state index is 11.7. The molecule has 1 aromatic carbocycles. The molecule has 0 radical (unpaired) electrons. The van der Waals surface area contributed by atoms with Crippen LogP contribution in [0.15, 0.2) is 24.3 Å². The lowest BCUT2D eigenvalue weighted by Crippen LogP contribution is -2.50. The van der Waals surface area contributed by atoms with Crippen LogP contribution in [-0.2, 0) is 4.79 Å². The Kier molecular flexibility index (Phi) is 5.78. The monoisotopic (exact) mass is 322 g/mol. The van der Waals surface area contributed by atoms with Crippen molar-refractivity contribution in [2.24, 2.45) is 5.92 Å². The molecule has 6 heteroatoms. The summed E-state index contributed by atoms with van der Waals surface area (Å²) >= 11 is 17.7. The fraction of sp³-hybridized carbons (Fsp3) is 0.462. The van der Waals surface area contributed by atoms with E-state index in [0.717, 1.165) is 11.3 Å². The lowest BCUT2D eigenvalue weighted by Gasteiger charge is -2.28. The molecule has 1 rings (SSSR count). The number of rotatable bonds is 4. The van der Waals surface area contributed by atoms with Gasteiger partial charge in [0.25, 0.3) is 0 Å². The average molecular weight is 324 g/mol. The minimum atomic E-state index is -1.65. The van der Waals surface area contributed by atoms with Gasteiger partial charge in [-0.3, -0.25) is 4.79 Å². The predicted octanol–water partition coefficient (Wildman–Crippen LogP) is 3.88. The summed E-state index contributed by atoms with van der Waals surface area (Å²) in [5.74, 6) is -0.370. The normalized spacial score (nSPS) is 13.2. The molecule has 1 unspecified atom stereocenters. The fourth-order valence-corrected chi connectivity index (χ4v) is 1.73. The third-order valence-electron chi connectivity index (χ3n) is 2.58. The van der Waals surface area contributed by atoms with Crippen molar-refractivity contribution in [2.45, 2.75) is 30.7 Å². The van der Waals surface area contributed by atoms with Crippen molar-refractivity contribution in [2.75, 3.05) is 5.32 Å². The predicted molar refractivity (Wildman–Crippen MR) is 81.9 cm³/mol. The summed E-state index contributed by atoms with van der Waals surface area (Å²) in [5.41, 5.74) is 1.81. The largest absolute Gasteiger partial charge is 0.362 e. The molecule has 0 saturated carbocycles. The number of para-hydroxylation sites is 1. The molecule has 0 spiro atoms. The van der Waals surface area contributed by atoms with Crippen LogP contribution in [0.25, 0.3) is 0 Å². The van der Waals surface area contributed by atoms with E-state index in [1.807, 2.05) is 31.2 Å². The van der Waals surface area contributed by atoms with E-state index in [-0.39, 0.29) is 11.8 Å². The summed E-state index contributed by atoms with van der Waals surface area (Å²) in [4.78, 5) is 11.7. The third-order valence-corrected chi connectivity index (χ3v) is 3.24. The number of carbonyl (C=O) groups excluding carboxylic acids is 1. The van der Waals surface area contributed by atoms with E-state index in [4.69, 9.17) is 34.8 Å². The van der Waals surface area contributed by atoms with Crippen molar-refractivity contribution in [3.05, 3.63) is 29.8 Å². The molecule has 0 bridgehead atoms. The first-order valence-electron chi connectivity index (χ1n) is 5.91. The van der Waals surface area contributed by atoms with Gasteiger partial charge < -0.3 is 10.6 Å². The molecule has 1 atom stereocenters. The Morgan fingerprint density at radius 2 is 1.79 bits per heavy atom. The van der Waals surface area contributed by atoms with Gasteiger partial charge in [0.05, 0.1) is 0 Å². The molecule has 0 aliphatic carbocycles. The molecule has 0 heterocycles. The van der Waals surface area contributed by atoms with Crippen molar-refractivity contribution in [1.29, 1.82) is 0 Å². The van der Waals surface area contributed by atoms with Crippen LogP contribution in [0.5, 0.6) is 0 Å². The summed E-state index contributed by atoms with van der Waals surface area (Å²) in [6.45, 7) is 5.49. The van der Waals surface area contributed by atoms with E-state index in [1.54, 1.807) is 13.8 Å². The number of hydrogen-bond acceptors (Lipinski definition) is 2. The average Bonchev–Trinajstić information content (AvgIpc) is 2.29. The van der Waals surface area contributed by atoms with Gasteiger partial charge in [-0.05, 0) is 18.6 Å². The standard InChI is InChI=1S/C13H17Cl3N2O/c1-8(2)11(19)18-12(13(14,15)16)17-10-7-5-4-6-9(10)3/h4-8,12,17H,1-3H3,(H,18,19). The molecule has 2 N–H and O–H groups in total. The molecular formula is C13H17Cl3N2O. The van der Waals surface area contributed by atoms with Gasteiger partial charge in [0.15, 0.2) is 0 Å². The van der Waals surface area contributed by atoms with Crippen LogP contribution in [0.3, 0.4) is 0 Å². The number of alkyl halides is 3. The molecule has 0 aromatic heterocycles. The fourth-order valence-electron chi connectivity index (χ4n) is 1.40. The first kappa shape index (κ1) is 16.4. The molecule has 19 heavy (non-hydrogen) atoms. The van der Waals surface area contributed by atoms with Crippen LogP contribution in [0.2, 0.25) is 0 Å². The van der Waals surface area contributed by atoms with Crippen LogP contribution in [0.1, 0.15) is 19.4 Å². The van der Waals surface area contributed by atoms with Gasteiger partial charge in [-0.2, -0.15) is 0 Å². The lowest BCUT2D eigenvalue weighted by molar-refractivity contribution is -0.124. The molecular weight excluding hydrogens is 307 g/mol. The van der Waals surface area contributed by atoms with E-state index >= 15 is 0 Å². The van der Waals surface area contributed by atoms with E-state index < -0.39 is 9.96 Å². The van der Waals surface area contributed by atoms with Crippen LogP contribution >= 0.6 is 34.8 Å². The van der Waals surface area contributed by atoms with Crippen molar-refractivity contribution >= 4 is 46.4 Å². The van der Waals surface area contributed by atoms with Gasteiger partial charge >= 0.3 is 0 Å². The van der Waals surface area contributed by atoms with Gasteiger partial charge in [0.1, 0.15) is 6.17 Å². The summed E-state index contributed by atoms with van der Waals surface area (Å²) in [7, 11) is 0. The zero-order valence-corrected chi connectivity index (χ0v) is 13.3. The summed E-state index contributed by atoms with van der Waals surface area (Å²) < 4.78 is -1.65. The minimum Gasteiger partial charge on any atom is -0.362 e. The second kappa shape index (κ2) is 6.69. The van der Waals surface area contributed by atoms with Crippen molar-refractivity contribution in [3.8, 4) is 0 Å². The van der Waals surface area contributed by atoms with Crippen LogP contribution in [-0.4, -0.2) is 15.9 Å². The van der Waals surface area contributed by atoms with Gasteiger partial charge in [0, 0.05) is 11.6 Å². The molecule has 0 fully saturated rings. The number of hydrogen-bond donors (Lipinski definition) is 2. The topological polar surface area (TPSA) is 41.1 Å². The summed E-state index contributed by atoms with van der Waals surface area (Å²) in [6, 6.07) is 7.58. The molecule has 0 aliphatic heterocycles. The van der Waals surface area contributed by atoms with Crippen molar-refractivity contribution < 1.29 is 4.79 Å². The Morgan fingerprint density at radius 3 is 2.26 bits per heavy atom. The molecule has 1 aromatic rings. The van der Waals surface area contributed by atoms with Crippen molar-refractivity contribution in [3.63, 3.8) is 0 Å². The highest BCUT2D eigenvalue weighted by Gasteiger charge is 2.34. The number of carbonyl (C=O) groups is 1. The Morgan fingerprint density at radius 1 is 1.21 bits per heavy atom. The van der Waals surface area contributed by atoms with Gasteiger partial charge in [-0.25, -0.2) is 0 Å². The van der Waals surface area contributed by atoms with Gasteiger partial charge in [0.2, 0.25) is 9.70 Å². The third kappa shape index (κ3) is 5.09. The second-order valence-corrected chi connectivity index (χ2v) is 6.97. The van der Waals surface area contributed by atoms with Gasteiger partial charge in [-0.1, -0.05) is 66.8 Å². The van der Waals surface area contributed by atoms with Crippen molar-refractivity contribution in [1.82, 2.24) is 5.32 Å². The number of anilines is 1.